The highest BCUT2D eigenvalue weighted by molar-refractivity contribution is 5.92. The van der Waals surface area contributed by atoms with Crippen LogP contribution in [-0.4, -0.2) is 115 Å². The molecular formula is C30H32O15. The van der Waals surface area contributed by atoms with Gasteiger partial charge in [-0.3, -0.25) is 4.79 Å². The first-order valence-corrected chi connectivity index (χ1v) is 14.2. The van der Waals surface area contributed by atoms with Gasteiger partial charge >= 0.3 is 17.9 Å². The maximum atomic E-state index is 13.8. The summed E-state index contributed by atoms with van der Waals surface area (Å²) in [7, 11) is 0. The van der Waals surface area contributed by atoms with Crippen LogP contribution in [0.4, 0.5) is 0 Å². The minimum absolute atomic E-state index is 0.0445. The van der Waals surface area contributed by atoms with Crippen LogP contribution in [0.3, 0.4) is 0 Å². The number of esters is 3. The number of benzene rings is 2. The van der Waals surface area contributed by atoms with Crippen LogP contribution >= 0.6 is 0 Å². The first-order valence-electron chi connectivity index (χ1n) is 14.2. The first-order chi connectivity index (χ1) is 21.3. The molecule has 15 nitrogen and oxygen atoms in total. The maximum absolute atomic E-state index is 13.8. The number of aromatic hydroxyl groups is 3. The van der Waals surface area contributed by atoms with E-state index >= 15 is 0 Å². The van der Waals surface area contributed by atoms with E-state index in [0.717, 1.165) is 12.1 Å². The number of phenols is 3. The summed E-state index contributed by atoms with van der Waals surface area (Å²) in [5, 5.41) is 70.5. The molecule has 2 heterocycles. The molecule has 5 fully saturated rings. The molecule has 2 aromatic carbocycles. The van der Waals surface area contributed by atoms with Crippen LogP contribution in [0.25, 0.3) is 0 Å². The van der Waals surface area contributed by atoms with E-state index in [4.69, 9.17) is 23.7 Å². The quantitative estimate of drug-likeness (QED) is 0.110. The van der Waals surface area contributed by atoms with Crippen molar-refractivity contribution in [1.82, 2.24) is 0 Å². The molecule has 3 aliphatic carbocycles. The second kappa shape index (κ2) is 10.8. The van der Waals surface area contributed by atoms with Crippen LogP contribution in [0.1, 0.15) is 40.5 Å². The van der Waals surface area contributed by atoms with Gasteiger partial charge in [0.15, 0.2) is 23.5 Å². The molecule has 2 aromatic rings. The summed E-state index contributed by atoms with van der Waals surface area (Å²) >= 11 is 0. The van der Waals surface area contributed by atoms with Crippen molar-refractivity contribution >= 4 is 17.9 Å². The molecule has 2 aliphatic heterocycles. The van der Waals surface area contributed by atoms with Crippen LogP contribution in [0, 0.1) is 11.3 Å². The van der Waals surface area contributed by atoms with E-state index in [1.165, 1.54) is 19.1 Å². The highest BCUT2D eigenvalue weighted by atomic mass is 16.7. The normalized spacial score (nSPS) is 38.2. The molecule has 45 heavy (non-hydrogen) atoms. The smallest absolute Gasteiger partial charge is 0.338 e. The summed E-state index contributed by atoms with van der Waals surface area (Å²) in [4.78, 5) is 39.9. The predicted molar refractivity (Wildman–Crippen MR) is 145 cm³/mol. The average molecular weight is 633 g/mol. The van der Waals surface area contributed by atoms with Gasteiger partial charge in [0.05, 0.1) is 17.7 Å². The monoisotopic (exact) mass is 632 g/mol. The summed E-state index contributed by atoms with van der Waals surface area (Å²) in [6.45, 7) is 0.170. The topological polar surface area (TPSA) is 239 Å². The van der Waals surface area contributed by atoms with Crippen molar-refractivity contribution in [2.75, 3.05) is 13.2 Å². The zero-order valence-corrected chi connectivity index (χ0v) is 23.8. The van der Waals surface area contributed by atoms with Crippen LogP contribution in [0.5, 0.6) is 17.2 Å². The standard InChI is InChI=1S/C30H32O15/c1-28-10-18(42-25(39)14-7-16(32)20(34)17(33)8-14)15-9-30(28,44-26-23(37)22(36)21(35)19(11-31)43-26)29(15,27(40)45-28)12-41-24(38)13-5-3-2-4-6-13/h2-8,15,18-19,21-23,26,31-37H,9-12H2,1H3/t15?,18-,19-,21-,22+,23-,26+,28+,29+,30-/m1/s1. The number of aliphatic hydroxyl groups excluding tert-OH is 4. The summed E-state index contributed by atoms with van der Waals surface area (Å²) < 4.78 is 29.1. The van der Waals surface area contributed by atoms with E-state index in [1.807, 2.05) is 0 Å². The summed E-state index contributed by atoms with van der Waals surface area (Å²) in [6.07, 6.45) is -9.49. The van der Waals surface area contributed by atoms with Crippen molar-refractivity contribution in [1.29, 1.82) is 0 Å². The number of carbonyl (C=O) groups excluding carboxylic acids is 3. The van der Waals surface area contributed by atoms with Crippen LogP contribution in [-0.2, 0) is 28.5 Å². The fourth-order valence-corrected chi connectivity index (χ4v) is 7.21. The van der Waals surface area contributed by atoms with Gasteiger partial charge in [-0.05, 0) is 37.6 Å². The van der Waals surface area contributed by atoms with Gasteiger partial charge in [-0.2, -0.15) is 0 Å². The third-order valence-electron chi connectivity index (χ3n) is 9.61. The lowest BCUT2D eigenvalue weighted by Crippen LogP contribution is -2.80. The Hall–Kier alpha value is -3.99. The molecule has 15 heteroatoms. The lowest BCUT2D eigenvalue weighted by molar-refractivity contribution is -0.393. The summed E-state index contributed by atoms with van der Waals surface area (Å²) in [6, 6.07) is 9.73. The Balaban J connectivity index is 1.34. The second-order valence-corrected chi connectivity index (χ2v) is 12.0. The second-order valence-electron chi connectivity index (χ2n) is 12.0. The number of hydrogen-bond donors (Lipinski definition) is 7. The molecule has 4 bridgehead atoms. The fourth-order valence-electron chi connectivity index (χ4n) is 7.21. The van der Waals surface area contributed by atoms with Gasteiger partial charge in [0.2, 0.25) is 0 Å². The Morgan fingerprint density at radius 2 is 1.60 bits per heavy atom. The molecule has 0 aromatic heterocycles. The molecule has 5 aliphatic rings. The number of rotatable bonds is 8. The van der Waals surface area contributed by atoms with Crippen molar-refractivity contribution in [3.05, 3.63) is 53.6 Å². The molecule has 3 saturated carbocycles. The van der Waals surface area contributed by atoms with Gasteiger partial charge in [-0.1, -0.05) is 18.2 Å². The SMILES string of the molecule is C[C@]12C[C@@H](OC(=O)c3cc(O)c(O)c(O)c3)C3C[C@]1(O[C@@H]1O[C@H](CO)[C@@H](O)[C@H](O)[C@H]1O)[C@]3(COC(=O)c1ccccc1)C(=O)O2. The molecule has 7 rings (SSSR count). The Bertz CT molecular complexity index is 1490. The number of phenolic OH excluding ortho intramolecular Hbond substituents is 3. The number of ether oxygens (including phenoxy) is 5. The molecule has 0 amide bonds. The predicted octanol–water partition coefficient (Wildman–Crippen LogP) is -0.533. The minimum atomic E-state index is -1.82. The van der Waals surface area contributed by atoms with Crippen LogP contribution in [0.2, 0.25) is 0 Å². The van der Waals surface area contributed by atoms with Gasteiger partial charge in [0.25, 0.3) is 0 Å². The van der Waals surface area contributed by atoms with Crippen molar-refractivity contribution in [3.63, 3.8) is 0 Å². The summed E-state index contributed by atoms with van der Waals surface area (Å²) in [5.41, 5.74) is -5.17. The van der Waals surface area contributed by atoms with Crippen molar-refractivity contribution in [2.45, 2.75) is 67.8 Å². The number of carbonyl (C=O) groups is 3. The largest absolute Gasteiger partial charge is 0.504 e. The average Bonchev–Trinajstić information content (AvgIpc) is 3.07. The fraction of sp³-hybridized carbons (Fsp3) is 0.500. The molecular weight excluding hydrogens is 600 g/mol. The van der Waals surface area contributed by atoms with Crippen molar-refractivity contribution < 1.29 is 73.8 Å². The number of aliphatic hydroxyl groups is 4. The molecule has 10 atom stereocenters. The van der Waals surface area contributed by atoms with Crippen LogP contribution < -0.4 is 0 Å². The molecule has 0 spiro atoms. The Labute approximate surface area is 255 Å². The molecule has 242 valence electrons. The van der Waals surface area contributed by atoms with E-state index in [1.54, 1.807) is 18.2 Å². The van der Waals surface area contributed by atoms with Gasteiger partial charge in [-0.25, -0.2) is 9.59 Å². The highest BCUT2D eigenvalue weighted by Crippen LogP contribution is 2.74. The first kappa shape index (κ1) is 31.0. The lowest BCUT2D eigenvalue weighted by atomic mass is 9.40. The minimum Gasteiger partial charge on any atom is -0.504 e. The molecule has 1 unspecified atom stereocenters. The van der Waals surface area contributed by atoms with E-state index in [0.29, 0.717) is 0 Å². The third-order valence-corrected chi connectivity index (χ3v) is 9.61. The van der Waals surface area contributed by atoms with Gasteiger partial charge in [0, 0.05) is 12.3 Å². The van der Waals surface area contributed by atoms with E-state index < -0.39 is 108 Å². The Morgan fingerprint density at radius 3 is 2.24 bits per heavy atom. The van der Waals surface area contributed by atoms with E-state index in [-0.39, 0.29) is 24.0 Å². The number of hydrogen-bond acceptors (Lipinski definition) is 15. The molecule has 0 radical (unpaired) electrons. The van der Waals surface area contributed by atoms with Crippen molar-refractivity contribution in [3.8, 4) is 17.2 Å². The van der Waals surface area contributed by atoms with E-state index in [9.17, 15) is 50.1 Å². The molecule has 7 N–H and O–H groups in total. The lowest BCUT2D eigenvalue weighted by Gasteiger charge is -2.66. The highest BCUT2D eigenvalue weighted by Gasteiger charge is 2.89. The number of fused-ring (bicyclic) bond motifs is 1. The van der Waals surface area contributed by atoms with Crippen molar-refractivity contribution in [2.24, 2.45) is 11.3 Å². The third kappa shape index (κ3) is 4.45. The zero-order valence-electron chi connectivity index (χ0n) is 23.8. The van der Waals surface area contributed by atoms with Crippen LogP contribution in [0.15, 0.2) is 42.5 Å². The molecule has 2 saturated heterocycles. The van der Waals surface area contributed by atoms with E-state index in [2.05, 4.69) is 0 Å². The summed E-state index contributed by atoms with van der Waals surface area (Å²) in [5.74, 6) is -5.87. The maximum Gasteiger partial charge on any atom is 0.338 e. The zero-order chi connectivity index (χ0) is 32.5. The Kier molecular flexibility index (Phi) is 7.46. The van der Waals surface area contributed by atoms with Gasteiger partial charge in [0.1, 0.15) is 53.7 Å². The van der Waals surface area contributed by atoms with Gasteiger partial charge < -0.3 is 59.4 Å². The Morgan fingerprint density at radius 1 is 0.933 bits per heavy atom. The van der Waals surface area contributed by atoms with Gasteiger partial charge in [-0.15, -0.1) is 0 Å².